The summed E-state index contributed by atoms with van der Waals surface area (Å²) in [5, 5.41) is 15.2. The van der Waals surface area contributed by atoms with Crippen LogP contribution in [0.3, 0.4) is 0 Å². The lowest BCUT2D eigenvalue weighted by Gasteiger charge is -2.30. The first kappa shape index (κ1) is 19.4. The Labute approximate surface area is 146 Å². The topological polar surface area (TPSA) is 130 Å². The van der Waals surface area contributed by atoms with Gasteiger partial charge in [0.15, 0.2) is 5.76 Å². The summed E-state index contributed by atoms with van der Waals surface area (Å²) in [7, 11) is -3.72. The van der Waals surface area contributed by atoms with Gasteiger partial charge in [0.05, 0.1) is 0 Å². The number of piperidine rings is 1. The predicted molar refractivity (Wildman–Crippen MR) is 87.3 cm³/mol. The number of sulfonamides is 1. The summed E-state index contributed by atoms with van der Waals surface area (Å²) in [5.74, 6) is -1.58. The van der Waals surface area contributed by atoms with Gasteiger partial charge in [0.2, 0.25) is 15.9 Å². The van der Waals surface area contributed by atoms with E-state index in [2.05, 4.69) is 10.5 Å². The van der Waals surface area contributed by atoms with Gasteiger partial charge in [-0.05, 0) is 33.1 Å². The first-order valence-corrected chi connectivity index (χ1v) is 9.58. The number of amides is 1. The summed E-state index contributed by atoms with van der Waals surface area (Å²) in [6.07, 6.45) is 0.968. The van der Waals surface area contributed by atoms with Gasteiger partial charge in [0.25, 0.3) is 0 Å². The number of aromatic nitrogens is 1. The fourth-order valence-electron chi connectivity index (χ4n) is 2.96. The van der Waals surface area contributed by atoms with Gasteiger partial charge in [-0.1, -0.05) is 12.1 Å². The van der Waals surface area contributed by atoms with Crippen molar-refractivity contribution >= 4 is 21.9 Å². The van der Waals surface area contributed by atoms with Gasteiger partial charge >= 0.3 is 5.97 Å². The third-order valence-corrected chi connectivity index (χ3v) is 6.56. The minimum Gasteiger partial charge on any atom is -0.480 e. The molecule has 0 radical (unpaired) electrons. The second-order valence-corrected chi connectivity index (χ2v) is 8.01. The average Bonchev–Trinajstić information content (AvgIpc) is 2.91. The van der Waals surface area contributed by atoms with Crippen LogP contribution in [0.1, 0.15) is 37.6 Å². The largest absolute Gasteiger partial charge is 0.480 e. The van der Waals surface area contributed by atoms with Crippen molar-refractivity contribution in [2.45, 2.75) is 51.0 Å². The van der Waals surface area contributed by atoms with Crippen LogP contribution in [-0.4, -0.2) is 54.0 Å². The molecule has 2 heterocycles. The highest BCUT2D eigenvalue weighted by molar-refractivity contribution is 7.89. The molecule has 10 heteroatoms. The maximum absolute atomic E-state index is 12.7. The summed E-state index contributed by atoms with van der Waals surface area (Å²) in [5.41, 5.74) is 0.310. The average molecular weight is 373 g/mol. The zero-order valence-corrected chi connectivity index (χ0v) is 15.3. The maximum atomic E-state index is 12.7. The highest BCUT2D eigenvalue weighted by Gasteiger charge is 2.36. The lowest BCUT2D eigenvalue weighted by atomic mass is 9.97. The van der Waals surface area contributed by atoms with E-state index in [1.54, 1.807) is 20.8 Å². The molecule has 0 saturated carbocycles. The Bertz CT molecular complexity index is 730. The van der Waals surface area contributed by atoms with E-state index in [0.717, 1.165) is 0 Å². The molecule has 1 aromatic rings. The number of nitrogens with zero attached hydrogens (tertiary/aromatic N) is 2. The van der Waals surface area contributed by atoms with E-state index in [1.165, 1.54) is 4.31 Å². The van der Waals surface area contributed by atoms with Crippen LogP contribution in [0.4, 0.5) is 0 Å². The van der Waals surface area contributed by atoms with E-state index < -0.39 is 28.0 Å². The molecule has 1 amide bonds. The minimum atomic E-state index is -3.72. The Kier molecular flexibility index (Phi) is 5.83. The molecule has 2 rings (SSSR count). The second-order valence-electron chi connectivity index (χ2n) is 6.14. The van der Waals surface area contributed by atoms with Crippen molar-refractivity contribution in [1.82, 2.24) is 14.8 Å². The van der Waals surface area contributed by atoms with Crippen LogP contribution in [-0.2, 0) is 19.6 Å². The lowest BCUT2D eigenvalue weighted by Crippen LogP contribution is -2.47. The van der Waals surface area contributed by atoms with Crippen LogP contribution in [0.25, 0.3) is 0 Å². The quantitative estimate of drug-likeness (QED) is 0.749. The summed E-state index contributed by atoms with van der Waals surface area (Å²) < 4.78 is 31.7. The lowest BCUT2D eigenvalue weighted by molar-refractivity contribution is -0.142. The molecule has 0 aliphatic carbocycles. The number of carboxylic acid groups (broad SMARTS) is 1. The third kappa shape index (κ3) is 4.01. The monoisotopic (exact) mass is 373 g/mol. The Morgan fingerprint density at radius 2 is 1.96 bits per heavy atom. The van der Waals surface area contributed by atoms with Gasteiger partial charge in [-0.2, -0.15) is 4.31 Å². The normalized spacial score (nSPS) is 18.0. The van der Waals surface area contributed by atoms with E-state index in [0.29, 0.717) is 25.0 Å². The van der Waals surface area contributed by atoms with Crippen LogP contribution >= 0.6 is 0 Å². The molecule has 9 nitrogen and oxygen atoms in total. The van der Waals surface area contributed by atoms with Crippen molar-refractivity contribution < 1.29 is 27.6 Å². The standard InChI is InChI=1S/C15H23N3O6S/c1-4-12(15(20)21)16-14(19)11-5-7-18(8-6-11)25(22,23)13-9(2)17-24-10(13)3/h11-12H,4-8H2,1-3H3,(H,16,19)(H,20,21). The van der Waals surface area contributed by atoms with Gasteiger partial charge in [-0.15, -0.1) is 0 Å². The van der Waals surface area contributed by atoms with Crippen molar-refractivity contribution in [3.63, 3.8) is 0 Å². The van der Waals surface area contributed by atoms with E-state index in [1.807, 2.05) is 0 Å². The fraction of sp³-hybridized carbons (Fsp3) is 0.667. The number of carbonyl (C=O) groups excluding carboxylic acids is 1. The van der Waals surface area contributed by atoms with Crippen molar-refractivity contribution in [3.05, 3.63) is 11.5 Å². The molecule has 1 atom stereocenters. The number of aliphatic carboxylic acids is 1. The highest BCUT2D eigenvalue weighted by Crippen LogP contribution is 2.27. The molecule has 0 bridgehead atoms. The molecule has 1 aliphatic heterocycles. The Hall–Kier alpha value is -1.94. The molecule has 0 spiro atoms. The van der Waals surface area contributed by atoms with Gasteiger partial charge < -0.3 is 14.9 Å². The molecule has 25 heavy (non-hydrogen) atoms. The molecule has 0 aromatic carbocycles. The van der Waals surface area contributed by atoms with Crippen molar-refractivity contribution in [1.29, 1.82) is 0 Å². The summed E-state index contributed by atoms with van der Waals surface area (Å²) in [6.45, 7) is 5.17. The second kappa shape index (κ2) is 7.52. The third-order valence-electron chi connectivity index (χ3n) is 4.41. The van der Waals surface area contributed by atoms with E-state index >= 15 is 0 Å². The summed E-state index contributed by atoms with van der Waals surface area (Å²) in [6, 6.07) is -0.920. The Morgan fingerprint density at radius 3 is 2.40 bits per heavy atom. The van der Waals surface area contributed by atoms with Crippen LogP contribution in [0.5, 0.6) is 0 Å². The van der Waals surface area contributed by atoms with Gasteiger partial charge in [0, 0.05) is 19.0 Å². The van der Waals surface area contributed by atoms with Gasteiger partial charge in [-0.25, -0.2) is 13.2 Å². The number of carbonyl (C=O) groups is 2. The fourth-order valence-corrected chi connectivity index (χ4v) is 4.72. The molecule has 140 valence electrons. The van der Waals surface area contributed by atoms with Crippen molar-refractivity contribution in [3.8, 4) is 0 Å². The molecule has 1 saturated heterocycles. The molecule has 1 aliphatic rings. The molecule has 1 fully saturated rings. The van der Waals surface area contributed by atoms with Crippen LogP contribution in [0.2, 0.25) is 0 Å². The first-order valence-electron chi connectivity index (χ1n) is 8.14. The van der Waals surface area contributed by atoms with Crippen LogP contribution < -0.4 is 5.32 Å². The summed E-state index contributed by atoms with van der Waals surface area (Å²) >= 11 is 0. The number of hydrogen-bond donors (Lipinski definition) is 2. The molecule has 1 unspecified atom stereocenters. The SMILES string of the molecule is CCC(NC(=O)C1CCN(S(=O)(=O)c2c(C)noc2C)CC1)C(=O)O. The molecule has 1 aromatic heterocycles. The molecule has 2 N–H and O–H groups in total. The number of aryl methyl sites for hydroxylation is 2. The van der Waals surface area contributed by atoms with Crippen LogP contribution in [0.15, 0.2) is 9.42 Å². The highest BCUT2D eigenvalue weighted by atomic mass is 32.2. The molecular weight excluding hydrogens is 350 g/mol. The summed E-state index contributed by atoms with van der Waals surface area (Å²) in [4.78, 5) is 23.3. The van der Waals surface area contributed by atoms with Crippen molar-refractivity contribution in [2.24, 2.45) is 5.92 Å². The zero-order valence-electron chi connectivity index (χ0n) is 14.5. The van der Waals surface area contributed by atoms with Gasteiger partial charge in [-0.3, -0.25) is 4.79 Å². The van der Waals surface area contributed by atoms with Gasteiger partial charge in [0.1, 0.15) is 16.6 Å². The van der Waals surface area contributed by atoms with E-state index in [-0.39, 0.29) is 29.7 Å². The number of hydrogen-bond acceptors (Lipinski definition) is 6. The molecular formula is C15H23N3O6S. The van der Waals surface area contributed by atoms with E-state index in [9.17, 15) is 18.0 Å². The zero-order chi connectivity index (χ0) is 18.8. The number of carboxylic acids is 1. The smallest absolute Gasteiger partial charge is 0.326 e. The minimum absolute atomic E-state index is 0.0762. The van der Waals surface area contributed by atoms with Crippen LogP contribution in [0, 0.1) is 19.8 Å². The van der Waals surface area contributed by atoms with E-state index in [4.69, 9.17) is 9.63 Å². The Morgan fingerprint density at radius 1 is 1.36 bits per heavy atom. The number of nitrogens with one attached hydrogen (secondary N) is 1. The van der Waals surface area contributed by atoms with Crippen molar-refractivity contribution in [2.75, 3.05) is 13.1 Å². The number of rotatable bonds is 6. The Balaban J connectivity index is 2.02. The first-order chi connectivity index (χ1) is 11.7. The predicted octanol–water partition coefficient (Wildman–Crippen LogP) is 0.672. The maximum Gasteiger partial charge on any atom is 0.326 e.